The van der Waals surface area contributed by atoms with Gasteiger partial charge in [0, 0.05) is 13.1 Å². The highest BCUT2D eigenvalue weighted by Gasteiger charge is 2.64. The molecule has 4 aliphatic rings. The van der Waals surface area contributed by atoms with Crippen LogP contribution in [0.3, 0.4) is 0 Å². The topological polar surface area (TPSA) is 49.3 Å². The molecule has 4 rings (SSSR count). The van der Waals surface area contributed by atoms with E-state index in [1.54, 1.807) is 0 Å². The van der Waals surface area contributed by atoms with Crippen LogP contribution in [0.5, 0.6) is 0 Å². The zero-order valence-corrected chi connectivity index (χ0v) is 8.38. The highest BCUT2D eigenvalue weighted by atomic mass is 16.4. The molecule has 0 aromatic heterocycles. The summed E-state index contributed by atoms with van der Waals surface area (Å²) in [5.41, 5.74) is -0.0251. The Labute approximate surface area is 83.9 Å². The molecular formula is C11H17NO2. The van der Waals surface area contributed by atoms with Crippen molar-refractivity contribution in [3.05, 3.63) is 0 Å². The third-order valence-corrected chi connectivity index (χ3v) is 4.75. The van der Waals surface area contributed by atoms with Gasteiger partial charge >= 0.3 is 5.97 Å². The van der Waals surface area contributed by atoms with Gasteiger partial charge in [-0.1, -0.05) is 6.42 Å². The lowest BCUT2D eigenvalue weighted by atomic mass is 9.43. The fraction of sp³-hybridized carbons (Fsp3) is 0.909. The lowest BCUT2D eigenvalue weighted by Crippen LogP contribution is -2.67. The highest BCUT2D eigenvalue weighted by molar-refractivity contribution is 5.77. The van der Waals surface area contributed by atoms with Gasteiger partial charge in [-0.2, -0.15) is 0 Å². The second kappa shape index (κ2) is 2.51. The van der Waals surface area contributed by atoms with Crippen LogP contribution in [-0.4, -0.2) is 24.2 Å². The Hall–Kier alpha value is -0.570. The van der Waals surface area contributed by atoms with Crippen LogP contribution in [0.25, 0.3) is 0 Å². The molecule has 2 N–H and O–H groups in total. The lowest BCUT2D eigenvalue weighted by Gasteiger charge is -2.63. The van der Waals surface area contributed by atoms with Crippen molar-refractivity contribution >= 4 is 5.97 Å². The van der Waals surface area contributed by atoms with E-state index in [1.165, 1.54) is 19.3 Å². The first-order chi connectivity index (χ1) is 6.67. The number of aliphatic carboxylic acids is 1. The first-order valence-electron chi connectivity index (χ1n) is 5.61. The van der Waals surface area contributed by atoms with Gasteiger partial charge < -0.3 is 10.4 Å². The maximum Gasteiger partial charge on any atom is 0.310 e. The molecule has 2 bridgehead atoms. The molecule has 2 saturated carbocycles. The Morgan fingerprint density at radius 3 is 2.50 bits per heavy atom. The summed E-state index contributed by atoms with van der Waals surface area (Å²) in [6.07, 6.45) is 5.89. The maximum atomic E-state index is 11.1. The summed E-state index contributed by atoms with van der Waals surface area (Å²) < 4.78 is 0. The quantitative estimate of drug-likeness (QED) is 0.697. The van der Waals surface area contributed by atoms with E-state index in [9.17, 15) is 9.90 Å². The number of carboxylic acids is 1. The van der Waals surface area contributed by atoms with Crippen LogP contribution in [-0.2, 0) is 4.79 Å². The number of carboxylic acid groups (broad SMARTS) is 1. The molecular weight excluding hydrogens is 178 g/mol. The van der Waals surface area contributed by atoms with Crippen LogP contribution in [0.2, 0.25) is 0 Å². The van der Waals surface area contributed by atoms with E-state index in [0.717, 1.165) is 25.3 Å². The molecule has 14 heavy (non-hydrogen) atoms. The van der Waals surface area contributed by atoms with Gasteiger partial charge in [0.15, 0.2) is 0 Å². The Morgan fingerprint density at radius 2 is 2.00 bits per heavy atom. The minimum Gasteiger partial charge on any atom is -0.481 e. The van der Waals surface area contributed by atoms with Gasteiger partial charge in [0.05, 0.1) is 5.41 Å². The van der Waals surface area contributed by atoms with Crippen LogP contribution in [0.4, 0.5) is 0 Å². The third-order valence-electron chi connectivity index (χ3n) is 4.75. The normalized spacial score (nSPS) is 46.6. The van der Waals surface area contributed by atoms with Crippen LogP contribution in [0.15, 0.2) is 0 Å². The summed E-state index contributed by atoms with van der Waals surface area (Å²) in [6, 6.07) is 0. The Bertz CT molecular complexity index is 277. The molecule has 2 aliphatic carbocycles. The van der Waals surface area contributed by atoms with Crippen molar-refractivity contribution in [3.63, 3.8) is 0 Å². The van der Waals surface area contributed by atoms with E-state index in [2.05, 4.69) is 5.32 Å². The van der Waals surface area contributed by atoms with Crippen molar-refractivity contribution in [2.45, 2.75) is 32.1 Å². The molecule has 2 saturated heterocycles. The Kier molecular flexibility index (Phi) is 1.56. The summed E-state index contributed by atoms with van der Waals surface area (Å²) in [5, 5.41) is 12.5. The molecule has 2 aliphatic heterocycles. The van der Waals surface area contributed by atoms with Gasteiger partial charge in [-0.25, -0.2) is 0 Å². The van der Waals surface area contributed by atoms with Crippen LogP contribution in [0.1, 0.15) is 32.1 Å². The Morgan fingerprint density at radius 1 is 1.29 bits per heavy atom. The summed E-state index contributed by atoms with van der Waals surface area (Å²) in [6.45, 7) is 1.75. The fourth-order valence-corrected chi connectivity index (χ4v) is 3.78. The third kappa shape index (κ3) is 0.888. The molecule has 2 heterocycles. The zero-order chi connectivity index (χ0) is 9.81. The fourth-order valence-electron chi connectivity index (χ4n) is 3.78. The minimum atomic E-state index is -0.584. The largest absolute Gasteiger partial charge is 0.481 e. The van der Waals surface area contributed by atoms with Crippen molar-refractivity contribution in [1.82, 2.24) is 5.32 Å². The molecule has 78 valence electrons. The van der Waals surface area contributed by atoms with Gasteiger partial charge in [-0.05, 0) is 37.0 Å². The summed E-state index contributed by atoms with van der Waals surface area (Å²) in [5.74, 6) is 0.238. The lowest BCUT2D eigenvalue weighted by molar-refractivity contribution is -0.184. The molecule has 0 atom stereocenters. The van der Waals surface area contributed by atoms with Gasteiger partial charge in [0.25, 0.3) is 0 Å². The monoisotopic (exact) mass is 195 g/mol. The predicted molar refractivity (Wildman–Crippen MR) is 51.9 cm³/mol. The van der Waals surface area contributed by atoms with E-state index in [4.69, 9.17) is 0 Å². The number of hydrogen-bond donors (Lipinski definition) is 2. The van der Waals surface area contributed by atoms with E-state index in [-0.39, 0.29) is 0 Å². The van der Waals surface area contributed by atoms with E-state index < -0.39 is 11.4 Å². The van der Waals surface area contributed by atoms with Crippen molar-refractivity contribution in [2.75, 3.05) is 13.1 Å². The molecule has 0 aromatic carbocycles. The smallest absolute Gasteiger partial charge is 0.310 e. The van der Waals surface area contributed by atoms with Gasteiger partial charge in [0.2, 0.25) is 0 Å². The number of fused-ring (bicyclic) bond motifs is 2. The van der Waals surface area contributed by atoms with E-state index >= 15 is 0 Å². The minimum absolute atomic E-state index is 0.370. The second-order valence-corrected chi connectivity index (χ2v) is 5.53. The number of rotatable bonds is 2. The molecule has 0 unspecified atom stereocenters. The predicted octanol–water partition coefficient (Wildman–Crippen LogP) is 1.24. The van der Waals surface area contributed by atoms with E-state index in [1.807, 2.05) is 0 Å². The highest BCUT2D eigenvalue weighted by Crippen LogP contribution is 2.63. The van der Waals surface area contributed by atoms with Gasteiger partial charge in [-0.3, -0.25) is 4.79 Å². The van der Waals surface area contributed by atoms with Crippen LogP contribution in [0, 0.1) is 16.7 Å². The second-order valence-electron chi connectivity index (χ2n) is 5.53. The molecule has 4 fully saturated rings. The van der Waals surface area contributed by atoms with Crippen molar-refractivity contribution in [2.24, 2.45) is 16.7 Å². The summed E-state index contributed by atoms with van der Waals surface area (Å²) in [7, 11) is 0. The molecule has 0 amide bonds. The molecule has 0 aromatic rings. The molecule has 0 radical (unpaired) electrons. The number of nitrogens with one attached hydrogen (secondary N) is 1. The summed E-state index contributed by atoms with van der Waals surface area (Å²) in [4.78, 5) is 11.1. The average molecular weight is 195 g/mol. The van der Waals surface area contributed by atoms with E-state index in [0.29, 0.717) is 12.0 Å². The van der Waals surface area contributed by atoms with Crippen LogP contribution < -0.4 is 5.32 Å². The van der Waals surface area contributed by atoms with Crippen LogP contribution >= 0.6 is 0 Å². The maximum absolute atomic E-state index is 11.1. The SMILES string of the molecule is O=C(O)C12CNCC(C3CCC3)(C1)C2. The van der Waals surface area contributed by atoms with Gasteiger partial charge in [-0.15, -0.1) is 0 Å². The van der Waals surface area contributed by atoms with Crippen molar-refractivity contribution in [3.8, 4) is 0 Å². The zero-order valence-electron chi connectivity index (χ0n) is 8.38. The van der Waals surface area contributed by atoms with Crippen molar-refractivity contribution in [1.29, 1.82) is 0 Å². The van der Waals surface area contributed by atoms with Crippen molar-refractivity contribution < 1.29 is 9.90 Å². The number of piperidine rings is 2. The number of hydrogen-bond acceptors (Lipinski definition) is 2. The van der Waals surface area contributed by atoms with Gasteiger partial charge in [0.1, 0.15) is 0 Å². The Balaban J connectivity index is 1.78. The first kappa shape index (κ1) is 8.72. The molecule has 3 heteroatoms. The first-order valence-corrected chi connectivity index (χ1v) is 5.61. The average Bonchev–Trinajstić information content (AvgIpc) is 1.99. The standard InChI is InChI=1S/C11H17NO2/c13-9(14)11-4-10(5-11,6-12-7-11)8-2-1-3-8/h8,12H,1-7H2,(H,13,14). The molecule has 0 spiro atoms. The summed E-state index contributed by atoms with van der Waals surface area (Å²) >= 11 is 0. The number of carbonyl (C=O) groups is 1. The molecule has 3 nitrogen and oxygen atoms in total.